The molecule has 2 rings (SSSR count). The van der Waals surface area contributed by atoms with Crippen LogP contribution in [-0.4, -0.2) is 18.1 Å². The molecule has 0 atom stereocenters. The fourth-order valence-corrected chi connectivity index (χ4v) is 2.44. The highest BCUT2D eigenvalue weighted by Gasteiger charge is 2.10. The Morgan fingerprint density at radius 3 is 2.78 bits per heavy atom. The van der Waals surface area contributed by atoms with Gasteiger partial charge in [0.1, 0.15) is 0 Å². The molecule has 18 heavy (non-hydrogen) atoms. The van der Waals surface area contributed by atoms with Crippen LogP contribution in [0.15, 0.2) is 35.0 Å². The first kappa shape index (κ1) is 12.4. The van der Waals surface area contributed by atoms with Crippen LogP contribution in [0.25, 0.3) is 0 Å². The number of anilines is 2. The Balaban J connectivity index is 2.20. The second-order valence-electron chi connectivity index (χ2n) is 4.07. The second-order valence-corrected chi connectivity index (χ2v) is 4.85. The van der Waals surface area contributed by atoms with Crippen LogP contribution in [0.2, 0.25) is 0 Å². The van der Waals surface area contributed by atoms with E-state index in [-0.39, 0.29) is 5.56 Å². The highest BCUT2D eigenvalue weighted by Crippen LogP contribution is 2.25. The molecule has 0 fully saturated rings. The molecule has 3 N–H and O–H groups in total. The van der Waals surface area contributed by atoms with E-state index < -0.39 is 5.97 Å². The third kappa shape index (κ3) is 2.62. The summed E-state index contributed by atoms with van der Waals surface area (Å²) in [7, 11) is 1.93. The van der Waals surface area contributed by atoms with Crippen molar-refractivity contribution >= 4 is 28.7 Å². The number of nitrogens with zero attached hydrogens (tertiary/aromatic N) is 1. The summed E-state index contributed by atoms with van der Waals surface area (Å²) in [5.41, 5.74) is 8.63. The second kappa shape index (κ2) is 5.10. The molecule has 0 amide bonds. The number of nitrogen functional groups attached to an aromatic ring is 1. The predicted molar refractivity (Wildman–Crippen MR) is 74.2 cm³/mol. The van der Waals surface area contributed by atoms with Crippen LogP contribution in [0, 0.1) is 0 Å². The van der Waals surface area contributed by atoms with Crippen molar-refractivity contribution in [3.63, 3.8) is 0 Å². The van der Waals surface area contributed by atoms with Crippen LogP contribution in [0.3, 0.4) is 0 Å². The van der Waals surface area contributed by atoms with E-state index in [1.54, 1.807) is 23.5 Å². The lowest BCUT2D eigenvalue weighted by atomic mass is 10.1. The Labute approximate surface area is 109 Å². The first-order valence-electron chi connectivity index (χ1n) is 5.43. The summed E-state index contributed by atoms with van der Waals surface area (Å²) >= 11 is 1.65. The first-order chi connectivity index (χ1) is 8.58. The van der Waals surface area contributed by atoms with Crippen LogP contribution >= 0.6 is 11.3 Å². The van der Waals surface area contributed by atoms with Crippen molar-refractivity contribution in [1.29, 1.82) is 0 Å². The molecule has 5 heteroatoms. The Kier molecular flexibility index (Phi) is 3.53. The standard InChI is InChI=1S/C13H14N2O2S/c1-15(7-9-4-5-18-8-9)12-3-2-10(13(16)17)6-11(12)14/h2-6,8H,7,14H2,1H3,(H,16,17). The van der Waals surface area contributed by atoms with Crippen LogP contribution in [0.1, 0.15) is 15.9 Å². The monoisotopic (exact) mass is 262 g/mol. The van der Waals surface area contributed by atoms with Gasteiger partial charge in [0.15, 0.2) is 0 Å². The Bertz CT molecular complexity index is 552. The summed E-state index contributed by atoms with van der Waals surface area (Å²) in [4.78, 5) is 12.8. The summed E-state index contributed by atoms with van der Waals surface area (Å²) in [5, 5.41) is 13.0. The van der Waals surface area contributed by atoms with E-state index >= 15 is 0 Å². The Morgan fingerprint density at radius 2 is 2.22 bits per heavy atom. The molecule has 0 spiro atoms. The molecule has 94 valence electrons. The molecule has 0 aliphatic carbocycles. The summed E-state index contributed by atoms with van der Waals surface area (Å²) in [6, 6.07) is 6.86. The normalized spacial score (nSPS) is 10.3. The topological polar surface area (TPSA) is 66.6 Å². The van der Waals surface area contributed by atoms with Crippen molar-refractivity contribution in [3.8, 4) is 0 Å². The quantitative estimate of drug-likeness (QED) is 0.831. The lowest BCUT2D eigenvalue weighted by Crippen LogP contribution is -2.17. The van der Waals surface area contributed by atoms with Gasteiger partial charge < -0.3 is 15.7 Å². The van der Waals surface area contributed by atoms with E-state index in [0.717, 1.165) is 12.2 Å². The Hall–Kier alpha value is -2.01. The van der Waals surface area contributed by atoms with E-state index in [9.17, 15) is 4.79 Å². The minimum absolute atomic E-state index is 0.209. The van der Waals surface area contributed by atoms with E-state index in [2.05, 4.69) is 11.4 Å². The lowest BCUT2D eigenvalue weighted by Gasteiger charge is -2.20. The van der Waals surface area contributed by atoms with Crippen LogP contribution in [0.5, 0.6) is 0 Å². The number of rotatable bonds is 4. The summed E-state index contributed by atoms with van der Waals surface area (Å²) in [5.74, 6) is -0.964. The smallest absolute Gasteiger partial charge is 0.335 e. The molecule has 0 bridgehead atoms. The first-order valence-corrected chi connectivity index (χ1v) is 6.37. The maximum absolute atomic E-state index is 10.8. The molecular formula is C13H14N2O2S. The van der Waals surface area contributed by atoms with Crippen molar-refractivity contribution in [2.24, 2.45) is 0 Å². The van der Waals surface area contributed by atoms with Crippen LogP contribution in [-0.2, 0) is 6.54 Å². The van der Waals surface area contributed by atoms with Gasteiger partial charge in [-0.2, -0.15) is 11.3 Å². The van der Waals surface area contributed by atoms with E-state index in [4.69, 9.17) is 10.8 Å². The number of carboxylic acid groups (broad SMARTS) is 1. The predicted octanol–water partition coefficient (Wildman–Crippen LogP) is 2.66. The SMILES string of the molecule is CN(Cc1ccsc1)c1ccc(C(=O)O)cc1N. The van der Waals surface area contributed by atoms with Crippen molar-refractivity contribution in [3.05, 3.63) is 46.2 Å². The minimum Gasteiger partial charge on any atom is -0.478 e. The third-order valence-corrected chi connectivity index (χ3v) is 3.42. The zero-order valence-electron chi connectivity index (χ0n) is 9.96. The minimum atomic E-state index is -0.964. The molecule has 0 saturated carbocycles. The number of aromatic carboxylic acids is 1. The average Bonchev–Trinajstić information content (AvgIpc) is 2.81. The van der Waals surface area contributed by atoms with E-state index in [1.807, 2.05) is 17.3 Å². The zero-order chi connectivity index (χ0) is 13.1. The van der Waals surface area contributed by atoms with Crippen molar-refractivity contribution in [1.82, 2.24) is 0 Å². The highest BCUT2D eigenvalue weighted by atomic mass is 32.1. The molecule has 0 aliphatic heterocycles. The van der Waals surface area contributed by atoms with Gasteiger partial charge in [-0.3, -0.25) is 0 Å². The molecule has 1 aromatic carbocycles. The molecular weight excluding hydrogens is 248 g/mol. The lowest BCUT2D eigenvalue weighted by molar-refractivity contribution is 0.0697. The highest BCUT2D eigenvalue weighted by molar-refractivity contribution is 7.07. The maximum Gasteiger partial charge on any atom is 0.335 e. The molecule has 2 aromatic rings. The number of thiophene rings is 1. The van der Waals surface area contributed by atoms with Gasteiger partial charge in [0.25, 0.3) is 0 Å². The van der Waals surface area contributed by atoms with Gasteiger partial charge in [0, 0.05) is 13.6 Å². The molecule has 1 aromatic heterocycles. The van der Waals surface area contributed by atoms with Crippen LogP contribution < -0.4 is 10.6 Å². The van der Waals surface area contributed by atoms with E-state index in [1.165, 1.54) is 11.6 Å². The average molecular weight is 262 g/mol. The van der Waals surface area contributed by atoms with Gasteiger partial charge in [0.2, 0.25) is 0 Å². The van der Waals surface area contributed by atoms with Gasteiger partial charge >= 0.3 is 5.97 Å². The summed E-state index contributed by atoms with van der Waals surface area (Å²) < 4.78 is 0. The molecule has 0 aliphatic rings. The summed E-state index contributed by atoms with van der Waals surface area (Å²) in [6.45, 7) is 0.750. The van der Waals surface area contributed by atoms with E-state index in [0.29, 0.717) is 5.69 Å². The van der Waals surface area contributed by atoms with Crippen molar-refractivity contribution < 1.29 is 9.90 Å². The summed E-state index contributed by atoms with van der Waals surface area (Å²) in [6.07, 6.45) is 0. The fraction of sp³-hybridized carbons (Fsp3) is 0.154. The molecule has 0 radical (unpaired) electrons. The number of nitrogens with two attached hydrogens (primary N) is 1. The number of benzene rings is 1. The number of hydrogen-bond donors (Lipinski definition) is 2. The largest absolute Gasteiger partial charge is 0.478 e. The third-order valence-electron chi connectivity index (χ3n) is 2.69. The van der Waals surface area contributed by atoms with Crippen molar-refractivity contribution in [2.75, 3.05) is 17.7 Å². The maximum atomic E-state index is 10.8. The van der Waals surface area contributed by atoms with Crippen molar-refractivity contribution in [2.45, 2.75) is 6.54 Å². The number of hydrogen-bond acceptors (Lipinski definition) is 4. The Morgan fingerprint density at radius 1 is 1.44 bits per heavy atom. The zero-order valence-corrected chi connectivity index (χ0v) is 10.8. The van der Waals surface area contributed by atoms with Crippen LogP contribution in [0.4, 0.5) is 11.4 Å². The molecule has 4 nitrogen and oxygen atoms in total. The van der Waals surface area contributed by atoms with Gasteiger partial charge in [-0.15, -0.1) is 0 Å². The van der Waals surface area contributed by atoms with Gasteiger partial charge in [-0.25, -0.2) is 4.79 Å². The molecule has 0 saturated heterocycles. The van der Waals surface area contributed by atoms with Gasteiger partial charge in [0.05, 0.1) is 16.9 Å². The molecule has 1 heterocycles. The fourth-order valence-electron chi connectivity index (χ4n) is 1.78. The number of carbonyl (C=O) groups is 1. The van der Waals surface area contributed by atoms with Gasteiger partial charge in [-0.05, 0) is 40.6 Å². The number of carboxylic acids is 1. The van der Waals surface area contributed by atoms with Gasteiger partial charge in [-0.1, -0.05) is 0 Å². The molecule has 0 unspecified atom stereocenters.